The molecule has 2 aromatic carbocycles. The van der Waals surface area contributed by atoms with Crippen LogP contribution in [-0.4, -0.2) is 41.1 Å². The Labute approximate surface area is 170 Å². The number of benzene rings is 2. The van der Waals surface area contributed by atoms with Gasteiger partial charge < -0.3 is 10.2 Å². The van der Waals surface area contributed by atoms with Gasteiger partial charge in [-0.25, -0.2) is 0 Å². The van der Waals surface area contributed by atoms with E-state index in [4.69, 9.17) is 4.84 Å². The summed E-state index contributed by atoms with van der Waals surface area (Å²) in [6, 6.07) is 16.0. The zero-order chi connectivity index (χ0) is 19.3. The monoisotopic (exact) mass is 395 g/mol. The number of rotatable bonds is 5. The van der Waals surface area contributed by atoms with E-state index in [2.05, 4.69) is 28.4 Å². The standard InChI is InChI=1S/C22H25N3O2S/c1-16-18(15-25-10-12-28-13-11-25)8-5-9-19(16)23-22(26)20-14-21(27-24-20)17-6-3-2-4-7-17/h2-9,21H,10-15H2,1H3,(H,23,26). The lowest BCUT2D eigenvalue weighted by Gasteiger charge is -2.27. The molecule has 2 aliphatic heterocycles. The summed E-state index contributed by atoms with van der Waals surface area (Å²) >= 11 is 2.01. The van der Waals surface area contributed by atoms with E-state index in [1.54, 1.807) is 0 Å². The van der Waals surface area contributed by atoms with Crippen LogP contribution < -0.4 is 5.32 Å². The van der Waals surface area contributed by atoms with Crippen molar-refractivity contribution in [3.8, 4) is 0 Å². The molecule has 1 unspecified atom stereocenters. The van der Waals surface area contributed by atoms with Crippen molar-refractivity contribution in [2.45, 2.75) is 26.0 Å². The van der Waals surface area contributed by atoms with Crippen molar-refractivity contribution in [2.75, 3.05) is 29.9 Å². The molecule has 0 bridgehead atoms. The molecular formula is C22H25N3O2S. The average molecular weight is 396 g/mol. The SMILES string of the molecule is Cc1c(CN2CCSCC2)cccc1NC(=O)C1=NOC(c2ccccc2)C1. The molecule has 0 spiro atoms. The van der Waals surface area contributed by atoms with Crippen molar-refractivity contribution in [2.24, 2.45) is 5.16 Å². The first-order chi connectivity index (χ1) is 13.7. The third-order valence-corrected chi connectivity index (χ3v) is 6.24. The van der Waals surface area contributed by atoms with Crippen molar-refractivity contribution < 1.29 is 9.63 Å². The molecular weight excluding hydrogens is 370 g/mol. The van der Waals surface area contributed by atoms with Crippen molar-refractivity contribution in [1.29, 1.82) is 0 Å². The summed E-state index contributed by atoms with van der Waals surface area (Å²) in [4.78, 5) is 20.7. The van der Waals surface area contributed by atoms with Gasteiger partial charge in [-0.05, 0) is 29.7 Å². The molecule has 1 fully saturated rings. The maximum absolute atomic E-state index is 12.7. The minimum atomic E-state index is -0.189. The third-order valence-electron chi connectivity index (χ3n) is 5.29. The highest BCUT2D eigenvalue weighted by Gasteiger charge is 2.27. The molecule has 1 N–H and O–H groups in total. The summed E-state index contributed by atoms with van der Waals surface area (Å²) < 4.78 is 0. The third kappa shape index (κ3) is 4.39. The number of oxime groups is 1. The number of thioether (sulfide) groups is 1. The van der Waals surface area contributed by atoms with Crippen molar-refractivity contribution in [3.05, 3.63) is 65.2 Å². The zero-order valence-corrected chi connectivity index (χ0v) is 16.9. The predicted octanol–water partition coefficient (Wildman–Crippen LogP) is 4.00. The van der Waals surface area contributed by atoms with Gasteiger partial charge >= 0.3 is 0 Å². The first kappa shape index (κ1) is 19.0. The molecule has 1 atom stereocenters. The van der Waals surface area contributed by atoms with Crippen molar-refractivity contribution in [3.63, 3.8) is 0 Å². The zero-order valence-electron chi connectivity index (χ0n) is 16.1. The maximum atomic E-state index is 12.7. The summed E-state index contributed by atoms with van der Waals surface area (Å²) in [7, 11) is 0. The van der Waals surface area contributed by atoms with Crippen LogP contribution in [0.2, 0.25) is 0 Å². The minimum absolute atomic E-state index is 0.187. The van der Waals surface area contributed by atoms with Crippen LogP contribution in [0.3, 0.4) is 0 Å². The van der Waals surface area contributed by atoms with Crippen LogP contribution in [0, 0.1) is 6.92 Å². The number of nitrogens with one attached hydrogen (secondary N) is 1. The Morgan fingerprint density at radius 1 is 1.18 bits per heavy atom. The Morgan fingerprint density at radius 3 is 2.75 bits per heavy atom. The first-order valence-corrected chi connectivity index (χ1v) is 10.8. The van der Waals surface area contributed by atoms with E-state index in [9.17, 15) is 4.79 Å². The van der Waals surface area contributed by atoms with E-state index in [1.807, 2.05) is 54.2 Å². The Bertz CT molecular complexity index is 863. The summed E-state index contributed by atoms with van der Waals surface area (Å²) in [6.45, 7) is 5.24. The van der Waals surface area contributed by atoms with E-state index >= 15 is 0 Å². The fourth-order valence-electron chi connectivity index (χ4n) is 3.54. The molecule has 0 aliphatic carbocycles. The predicted molar refractivity (Wildman–Crippen MR) is 115 cm³/mol. The maximum Gasteiger partial charge on any atom is 0.273 e. The molecule has 28 heavy (non-hydrogen) atoms. The summed E-state index contributed by atoms with van der Waals surface area (Å²) in [5.41, 5.74) is 4.70. The molecule has 2 heterocycles. The van der Waals surface area contributed by atoms with Gasteiger partial charge in [0.1, 0.15) is 5.71 Å². The summed E-state index contributed by atoms with van der Waals surface area (Å²) in [6.07, 6.45) is 0.298. The van der Waals surface area contributed by atoms with Gasteiger partial charge in [-0.15, -0.1) is 0 Å². The summed E-state index contributed by atoms with van der Waals surface area (Å²) in [5.74, 6) is 2.20. The van der Waals surface area contributed by atoms with Crippen LogP contribution in [0.15, 0.2) is 53.7 Å². The van der Waals surface area contributed by atoms with Gasteiger partial charge in [0.2, 0.25) is 0 Å². The van der Waals surface area contributed by atoms with Gasteiger partial charge in [-0.2, -0.15) is 11.8 Å². The number of amides is 1. The number of anilines is 1. The van der Waals surface area contributed by atoms with Crippen LogP contribution in [0.25, 0.3) is 0 Å². The van der Waals surface area contributed by atoms with Crippen molar-refractivity contribution in [1.82, 2.24) is 4.90 Å². The fourth-order valence-corrected chi connectivity index (χ4v) is 4.52. The Morgan fingerprint density at radius 2 is 1.96 bits per heavy atom. The van der Waals surface area contributed by atoms with Crippen LogP contribution >= 0.6 is 11.8 Å². The number of nitrogens with zero attached hydrogens (tertiary/aromatic N) is 2. The largest absolute Gasteiger partial charge is 0.387 e. The van der Waals surface area contributed by atoms with Crippen LogP contribution in [0.5, 0.6) is 0 Å². The van der Waals surface area contributed by atoms with Gasteiger partial charge in [0, 0.05) is 43.2 Å². The fraction of sp³-hybridized carbons (Fsp3) is 0.364. The minimum Gasteiger partial charge on any atom is -0.387 e. The van der Waals surface area contributed by atoms with Gasteiger partial charge in [0.25, 0.3) is 5.91 Å². The second-order valence-electron chi connectivity index (χ2n) is 7.18. The van der Waals surface area contributed by atoms with Crippen LogP contribution in [0.1, 0.15) is 29.2 Å². The van der Waals surface area contributed by atoms with Gasteiger partial charge in [0.05, 0.1) is 0 Å². The molecule has 1 amide bonds. The molecule has 0 saturated carbocycles. The Hall–Kier alpha value is -2.31. The molecule has 0 aromatic heterocycles. The second kappa shape index (κ2) is 8.80. The van der Waals surface area contributed by atoms with E-state index in [1.165, 1.54) is 17.1 Å². The van der Waals surface area contributed by atoms with Crippen LogP contribution in [0.4, 0.5) is 5.69 Å². The lowest BCUT2D eigenvalue weighted by molar-refractivity contribution is -0.110. The smallest absolute Gasteiger partial charge is 0.273 e. The molecule has 4 rings (SSSR count). The summed E-state index contributed by atoms with van der Waals surface area (Å²) in [5, 5.41) is 7.06. The highest BCUT2D eigenvalue weighted by molar-refractivity contribution is 7.99. The lowest BCUT2D eigenvalue weighted by atomic mass is 10.0. The molecule has 6 heteroatoms. The molecule has 1 saturated heterocycles. The highest BCUT2D eigenvalue weighted by atomic mass is 32.2. The number of carbonyl (C=O) groups is 1. The highest BCUT2D eigenvalue weighted by Crippen LogP contribution is 2.28. The molecule has 2 aromatic rings. The van der Waals surface area contributed by atoms with E-state index < -0.39 is 0 Å². The van der Waals surface area contributed by atoms with Crippen LogP contribution in [-0.2, 0) is 16.2 Å². The van der Waals surface area contributed by atoms with E-state index in [0.717, 1.165) is 36.4 Å². The number of hydrogen-bond donors (Lipinski definition) is 1. The molecule has 2 aliphatic rings. The Kier molecular flexibility index (Phi) is 5.98. The molecule has 5 nitrogen and oxygen atoms in total. The van der Waals surface area contributed by atoms with Crippen molar-refractivity contribution >= 4 is 29.1 Å². The molecule has 0 radical (unpaired) electrons. The van der Waals surface area contributed by atoms with E-state index in [-0.39, 0.29) is 12.0 Å². The van der Waals surface area contributed by atoms with Gasteiger partial charge in [0.15, 0.2) is 6.10 Å². The number of carbonyl (C=O) groups excluding carboxylic acids is 1. The second-order valence-corrected chi connectivity index (χ2v) is 8.40. The van der Waals surface area contributed by atoms with Gasteiger partial charge in [-0.1, -0.05) is 47.6 Å². The van der Waals surface area contributed by atoms with E-state index in [0.29, 0.717) is 12.1 Å². The van der Waals surface area contributed by atoms with Gasteiger partial charge in [-0.3, -0.25) is 9.69 Å². The molecule has 146 valence electrons. The normalized spacial score (nSPS) is 19.8. The first-order valence-electron chi connectivity index (χ1n) is 9.68. The Balaban J connectivity index is 1.40. The average Bonchev–Trinajstić information content (AvgIpc) is 3.23. The topological polar surface area (TPSA) is 53.9 Å². The lowest BCUT2D eigenvalue weighted by Crippen LogP contribution is -2.32. The number of hydrogen-bond acceptors (Lipinski definition) is 5. The quantitative estimate of drug-likeness (QED) is 0.831.